The van der Waals surface area contributed by atoms with Gasteiger partial charge >= 0.3 is 0 Å². The Labute approximate surface area is 131 Å². The number of nitrogens with one attached hydrogen (secondary N) is 1. The summed E-state index contributed by atoms with van der Waals surface area (Å²) in [7, 11) is 0. The summed E-state index contributed by atoms with van der Waals surface area (Å²) in [5, 5.41) is 8.01. The van der Waals surface area contributed by atoms with Gasteiger partial charge in [-0.15, -0.1) is 0 Å². The Balaban J connectivity index is 1.55. The number of aryl methyl sites for hydroxylation is 2. The molecule has 1 aliphatic rings. The van der Waals surface area contributed by atoms with Gasteiger partial charge in [0.1, 0.15) is 12.7 Å². The fourth-order valence-corrected chi connectivity index (χ4v) is 2.82. The predicted molar refractivity (Wildman–Crippen MR) is 85.4 cm³/mol. The standard InChI is InChI=1S/C17H23N3O2/c1-4-20-13(3)15(12(2)19-20)10-18-9-14-11-21-16-7-5-6-8-17(16)22-14/h5-8,14,18H,4,9-11H2,1-3H3/t14-/m1/s1. The summed E-state index contributed by atoms with van der Waals surface area (Å²) < 4.78 is 13.7. The van der Waals surface area contributed by atoms with Gasteiger partial charge in [0.2, 0.25) is 0 Å². The quantitative estimate of drug-likeness (QED) is 0.921. The predicted octanol–water partition coefficient (Wildman–Crippen LogP) is 2.45. The minimum absolute atomic E-state index is 0.0386. The zero-order chi connectivity index (χ0) is 15.5. The Bertz CT molecular complexity index is 651. The van der Waals surface area contributed by atoms with Crippen molar-refractivity contribution in [3.8, 4) is 11.5 Å². The third-order valence-corrected chi connectivity index (χ3v) is 4.07. The van der Waals surface area contributed by atoms with Gasteiger partial charge in [-0.2, -0.15) is 5.10 Å². The molecule has 0 aliphatic carbocycles. The van der Waals surface area contributed by atoms with Crippen LogP contribution < -0.4 is 14.8 Å². The summed E-state index contributed by atoms with van der Waals surface area (Å²) in [6, 6.07) is 7.80. The Kier molecular flexibility index (Phi) is 4.34. The van der Waals surface area contributed by atoms with Gasteiger partial charge in [0, 0.05) is 30.9 Å². The molecule has 0 fully saturated rings. The molecule has 5 nitrogen and oxygen atoms in total. The number of benzene rings is 1. The molecule has 1 N–H and O–H groups in total. The van der Waals surface area contributed by atoms with E-state index in [1.807, 2.05) is 28.9 Å². The number of hydrogen-bond acceptors (Lipinski definition) is 4. The first kappa shape index (κ1) is 14.9. The maximum Gasteiger partial charge on any atom is 0.161 e. The lowest BCUT2D eigenvalue weighted by Gasteiger charge is -2.26. The second-order valence-corrected chi connectivity index (χ2v) is 5.59. The average molecular weight is 301 g/mol. The first-order valence-electron chi connectivity index (χ1n) is 7.81. The lowest BCUT2D eigenvalue weighted by atomic mass is 10.2. The van der Waals surface area contributed by atoms with Crippen LogP contribution in [0.1, 0.15) is 23.9 Å². The van der Waals surface area contributed by atoms with Crippen molar-refractivity contribution in [3.05, 3.63) is 41.2 Å². The van der Waals surface area contributed by atoms with Gasteiger partial charge in [-0.3, -0.25) is 4.68 Å². The molecule has 0 spiro atoms. The molecule has 1 aromatic carbocycles. The molecule has 1 atom stereocenters. The van der Waals surface area contributed by atoms with Crippen LogP contribution in [0.15, 0.2) is 24.3 Å². The van der Waals surface area contributed by atoms with Crippen LogP contribution in [-0.4, -0.2) is 29.0 Å². The Morgan fingerprint density at radius 3 is 2.77 bits per heavy atom. The van der Waals surface area contributed by atoms with E-state index in [9.17, 15) is 0 Å². The van der Waals surface area contributed by atoms with Crippen LogP contribution in [0, 0.1) is 13.8 Å². The van der Waals surface area contributed by atoms with E-state index in [0.717, 1.165) is 36.8 Å². The van der Waals surface area contributed by atoms with Crippen molar-refractivity contribution in [1.29, 1.82) is 0 Å². The molecule has 0 unspecified atom stereocenters. The zero-order valence-electron chi connectivity index (χ0n) is 13.4. The van der Waals surface area contributed by atoms with Gasteiger partial charge in [-0.1, -0.05) is 12.1 Å². The summed E-state index contributed by atoms with van der Waals surface area (Å²) in [5.74, 6) is 1.65. The number of ether oxygens (including phenoxy) is 2. The van der Waals surface area contributed by atoms with Crippen LogP contribution in [0.4, 0.5) is 0 Å². The minimum atomic E-state index is 0.0386. The molecule has 0 saturated heterocycles. The summed E-state index contributed by atoms with van der Waals surface area (Å²) in [5.41, 5.74) is 3.61. The van der Waals surface area contributed by atoms with E-state index in [1.165, 1.54) is 11.3 Å². The lowest BCUT2D eigenvalue weighted by Crippen LogP contribution is -2.38. The van der Waals surface area contributed by atoms with Crippen molar-refractivity contribution >= 4 is 0 Å². The summed E-state index contributed by atoms with van der Waals surface area (Å²) in [6.07, 6.45) is 0.0386. The van der Waals surface area contributed by atoms with E-state index < -0.39 is 0 Å². The Hall–Kier alpha value is -2.01. The maximum atomic E-state index is 5.95. The smallest absolute Gasteiger partial charge is 0.161 e. The van der Waals surface area contributed by atoms with Crippen LogP contribution in [0.3, 0.4) is 0 Å². The topological polar surface area (TPSA) is 48.3 Å². The van der Waals surface area contributed by atoms with Crippen LogP contribution in [0.5, 0.6) is 11.5 Å². The van der Waals surface area contributed by atoms with E-state index >= 15 is 0 Å². The molecule has 22 heavy (non-hydrogen) atoms. The van der Waals surface area contributed by atoms with Crippen molar-refractivity contribution < 1.29 is 9.47 Å². The monoisotopic (exact) mass is 301 g/mol. The second kappa shape index (κ2) is 6.40. The summed E-state index contributed by atoms with van der Waals surface area (Å²) in [6.45, 7) is 9.34. The Morgan fingerprint density at radius 2 is 2.05 bits per heavy atom. The van der Waals surface area contributed by atoms with Gasteiger partial charge in [0.05, 0.1) is 5.69 Å². The molecular weight excluding hydrogens is 278 g/mol. The molecule has 2 heterocycles. The maximum absolute atomic E-state index is 5.95. The molecule has 0 radical (unpaired) electrons. The van der Waals surface area contributed by atoms with Crippen LogP contribution in [-0.2, 0) is 13.1 Å². The van der Waals surface area contributed by atoms with Gasteiger partial charge < -0.3 is 14.8 Å². The molecule has 1 aromatic heterocycles. The summed E-state index contributed by atoms with van der Waals surface area (Å²) >= 11 is 0. The normalized spacial score (nSPS) is 16.8. The van der Waals surface area contributed by atoms with Crippen LogP contribution in [0.2, 0.25) is 0 Å². The number of rotatable bonds is 5. The number of para-hydroxylation sites is 2. The number of aromatic nitrogens is 2. The fourth-order valence-electron chi connectivity index (χ4n) is 2.82. The molecule has 2 aromatic rings. The van der Waals surface area contributed by atoms with Crippen LogP contribution in [0.25, 0.3) is 0 Å². The third-order valence-electron chi connectivity index (χ3n) is 4.07. The molecule has 0 saturated carbocycles. The van der Waals surface area contributed by atoms with Gasteiger partial charge in [-0.25, -0.2) is 0 Å². The van der Waals surface area contributed by atoms with E-state index in [1.54, 1.807) is 0 Å². The number of hydrogen-bond donors (Lipinski definition) is 1. The van der Waals surface area contributed by atoms with Crippen molar-refractivity contribution in [2.45, 2.75) is 40.0 Å². The molecular formula is C17H23N3O2. The lowest BCUT2D eigenvalue weighted by molar-refractivity contribution is 0.0902. The van der Waals surface area contributed by atoms with Gasteiger partial charge in [0.25, 0.3) is 0 Å². The van der Waals surface area contributed by atoms with Crippen molar-refractivity contribution in [2.24, 2.45) is 0 Å². The third kappa shape index (κ3) is 2.95. The summed E-state index contributed by atoms with van der Waals surface area (Å²) in [4.78, 5) is 0. The first-order valence-corrected chi connectivity index (χ1v) is 7.81. The highest BCUT2D eigenvalue weighted by atomic mass is 16.6. The largest absolute Gasteiger partial charge is 0.486 e. The molecule has 1 aliphatic heterocycles. The van der Waals surface area contributed by atoms with E-state index in [2.05, 4.69) is 31.2 Å². The molecule has 0 amide bonds. The van der Waals surface area contributed by atoms with E-state index in [4.69, 9.17) is 9.47 Å². The molecule has 5 heteroatoms. The SMILES string of the molecule is CCn1nc(C)c(CNC[C@@H]2COc3ccccc3O2)c1C. The molecule has 118 valence electrons. The van der Waals surface area contributed by atoms with Crippen molar-refractivity contribution in [1.82, 2.24) is 15.1 Å². The van der Waals surface area contributed by atoms with E-state index in [0.29, 0.717) is 6.61 Å². The van der Waals surface area contributed by atoms with Crippen molar-refractivity contribution in [3.63, 3.8) is 0 Å². The average Bonchev–Trinajstić information content (AvgIpc) is 2.82. The minimum Gasteiger partial charge on any atom is -0.486 e. The second-order valence-electron chi connectivity index (χ2n) is 5.59. The molecule has 0 bridgehead atoms. The van der Waals surface area contributed by atoms with Crippen molar-refractivity contribution in [2.75, 3.05) is 13.2 Å². The van der Waals surface area contributed by atoms with Gasteiger partial charge in [-0.05, 0) is 32.9 Å². The number of nitrogens with zero attached hydrogens (tertiary/aromatic N) is 2. The highest BCUT2D eigenvalue weighted by molar-refractivity contribution is 5.40. The highest BCUT2D eigenvalue weighted by Gasteiger charge is 2.20. The van der Waals surface area contributed by atoms with Gasteiger partial charge in [0.15, 0.2) is 11.5 Å². The van der Waals surface area contributed by atoms with E-state index in [-0.39, 0.29) is 6.10 Å². The first-order chi connectivity index (χ1) is 10.7. The number of fused-ring (bicyclic) bond motifs is 1. The molecule has 3 rings (SSSR count). The fraction of sp³-hybridized carbons (Fsp3) is 0.471. The Morgan fingerprint density at radius 1 is 1.27 bits per heavy atom. The highest BCUT2D eigenvalue weighted by Crippen LogP contribution is 2.30. The zero-order valence-corrected chi connectivity index (χ0v) is 13.4. The van der Waals surface area contributed by atoms with Crippen LogP contribution >= 0.6 is 0 Å².